The first kappa shape index (κ1) is 16.3. The average molecular weight is 324 g/mol. The lowest BCUT2D eigenvalue weighted by atomic mass is 9.99. The van der Waals surface area contributed by atoms with Crippen LogP contribution in [-0.4, -0.2) is 22.8 Å². The second-order valence-electron chi connectivity index (χ2n) is 4.53. The molecule has 0 aliphatic heterocycles. The zero-order chi connectivity index (χ0) is 16.1. The maximum Gasteiger partial charge on any atom is 0.306 e. The highest BCUT2D eigenvalue weighted by atomic mass is 32.1. The first-order chi connectivity index (χ1) is 10.6. The first-order valence-corrected chi connectivity index (χ1v) is 7.60. The van der Waals surface area contributed by atoms with Gasteiger partial charge in [-0.3, -0.25) is 9.59 Å². The normalized spacial score (nSPS) is 12.1. The van der Waals surface area contributed by atoms with Crippen molar-refractivity contribution in [3.05, 3.63) is 50.2 Å². The lowest BCUT2D eigenvalue weighted by Gasteiger charge is -2.15. The second-order valence-corrected chi connectivity index (χ2v) is 5.50. The molecule has 0 amide bonds. The van der Waals surface area contributed by atoms with E-state index in [-0.39, 0.29) is 24.5 Å². The molecule has 0 aromatic carbocycles. The smallest absolute Gasteiger partial charge is 0.306 e. The summed E-state index contributed by atoms with van der Waals surface area (Å²) in [5.41, 5.74) is -0.657. The monoisotopic (exact) mass is 324 g/mol. The van der Waals surface area contributed by atoms with E-state index >= 15 is 0 Å². The summed E-state index contributed by atoms with van der Waals surface area (Å²) in [5.74, 6) is -1.66. The number of aromatic hydroxyl groups is 1. The maximum absolute atomic E-state index is 11.8. The van der Waals surface area contributed by atoms with Crippen LogP contribution in [0.2, 0.25) is 0 Å². The molecule has 2 rings (SSSR count). The molecule has 0 spiro atoms. The molecule has 22 heavy (non-hydrogen) atoms. The summed E-state index contributed by atoms with van der Waals surface area (Å²) in [4.78, 5) is 24.3. The third-order valence-electron chi connectivity index (χ3n) is 3.03. The second kappa shape index (κ2) is 7.24. The van der Waals surface area contributed by atoms with Gasteiger partial charge in [-0.25, -0.2) is 0 Å². The fourth-order valence-electron chi connectivity index (χ4n) is 2.07. The SMILES string of the molecule is CCOC(=O)C[C@@H](c1cccs1)c1oc(CO)cc(=O)c1O. The molecule has 118 valence electrons. The summed E-state index contributed by atoms with van der Waals surface area (Å²) in [6.07, 6.45) is -0.0697. The van der Waals surface area contributed by atoms with Crippen LogP contribution in [0.1, 0.15) is 35.7 Å². The topological polar surface area (TPSA) is 97.0 Å². The molecule has 0 unspecified atom stereocenters. The highest BCUT2D eigenvalue weighted by molar-refractivity contribution is 7.10. The van der Waals surface area contributed by atoms with Crippen molar-refractivity contribution in [3.63, 3.8) is 0 Å². The summed E-state index contributed by atoms with van der Waals surface area (Å²) in [5, 5.41) is 21.0. The minimum Gasteiger partial charge on any atom is -0.502 e. The summed E-state index contributed by atoms with van der Waals surface area (Å²) < 4.78 is 10.3. The van der Waals surface area contributed by atoms with E-state index in [0.717, 1.165) is 10.9 Å². The zero-order valence-corrected chi connectivity index (χ0v) is 12.8. The molecule has 2 heterocycles. The van der Waals surface area contributed by atoms with Gasteiger partial charge < -0.3 is 19.4 Å². The number of aliphatic hydroxyl groups excluding tert-OH is 1. The Hall–Kier alpha value is -2.12. The van der Waals surface area contributed by atoms with Gasteiger partial charge in [0.25, 0.3) is 0 Å². The Bertz CT molecular complexity index is 689. The number of esters is 1. The summed E-state index contributed by atoms with van der Waals surface area (Å²) in [6, 6.07) is 4.59. The molecule has 1 atom stereocenters. The van der Waals surface area contributed by atoms with E-state index in [1.807, 2.05) is 5.38 Å². The Kier molecular flexibility index (Phi) is 5.35. The number of thiophene rings is 1. The first-order valence-electron chi connectivity index (χ1n) is 6.72. The zero-order valence-electron chi connectivity index (χ0n) is 11.9. The molecule has 0 saturated heterocycles. The van der Waals surface area contributed by atoms with E-state index in [0.29, 0.717) is 0 Å². The molecule has 0 saturated carbocycles. The van der Waals surface area contributed by atoms with Crippen molar-refractivity contribution in [2.45, 2.75) is 25.9 Å². The van der Waals surface area contributed by atoms with Crippen molar-refractivity contribution in [2.75, 3.05) is 6.61 Å². The van der Waals surface area contributed by atoms with Gasteiger partial charge in [0.15, 0.2) is 5.76 Å². The van der Waals surface area contributed by atoms with Crippen molar-refractivity contribution < 1.29 is 24.2 Å². The van der Waals surface area contributed by atoms with Gasteiger partial charge in [0.05, 0.1) is 18.9 Å². The number of carbonyl (C=O) groups is 1. The van der Waals surface area contributed by atoms with E-state index in [9.17, 15) is 14.7 Å². The van der Waals surface area contributed by atoms with Crippen LogP contribution >= 0.6 is 11.3 Å². The van der Waals surface area contributed by atoms with E-state index in [4.69, 9.17) is 14.3 Å². The van der Waals surface area contributed by atoms with E-state index in [1.165, 1.54) is 11.3 Å². The fourth-order valence-corrected chi connectivity index (χ4v) is 2.89. The van der Waals surface area contributed by atoms with E-state index in [1.54, 1.807) is 19.1 Å². The molecule has 2 N–H and O–H groups in total. The van der Waals surface area contributed by atoms with Gasteiger partial charge >= 0.3 is 5.97 Å². The fraction of sp³-hybridized carbons (Fsp3) is 0.333. The van der Waals surface area contributed by atoms with E-state index in [2.05, 4.69) is 0 Å². The molecule has 0 bridgehead atoms. The summed E-state index contributed by atoms with van der Waals surface area (Å²) in [6.45, 7) is 1.46. The Morgan fingerprint density at radius 3 is 2.86 bits per heavy atom. The van der Waals surface area contributed by atoms with Crippen LogP contribution in [0.3, 0.4) is 0 Å². The van der Waals surface area contributed by atoms with E-state index < -0.39 is 29.7 Å². The van der Waals surface area contributed by atoms with Crippen LogP contribution < -0.4 is 5.43 Å². The van der Waals surface area contributed by atoms with Crippen LogP contribution in [0.25, 0.3) is 0 Å². The molecule has 2 aromatic rings. The third-order valence-corrected chi connectivity index (χ3v) is 4.02. The lowest BCUT2D eigenvalue weighted by Crippen LogP contribution is -2.14. The van der Waals surface area contributed by atoms with Crippen LogP contribution in [0, 0.1) is 0 Å². The molecule has 0 radical (unpaired) electrons. The van der Waals surface area contributed by atoms with Gasteiger partial charge in [-0.2, -0.15) is 0 Å². The Morgan fingerprint density at radius 1 is 1.50 bits per heavy atom. The quantitative estimate of drug-likeness (QED) is 0.789. The predicted octanol–water partition coefficient (Wildman–Crippen LogP) is 1.98. The third kappa shape index (κ3) is 3.55. The Morgan fingerprint density at radius 2 is 2.27 bits per heavy atom. The van der Waals surface area contributed by atoms with Gasteiger partial charge in [0.2, 0.25) is 11.2 Å². The van der Waals surface area contributed by atoms with Crippen molar-refractivity contribution in [1.29, 1.82) is 0 Å². The number of rotatable bonds is 6. The number of ether oxygens (including phenoxy) is 1. The standard InChI is InChI=1S/C15H16O6S/c1-2-20-13(18)7-10(12-4-3-5-22-12)15-14(19)11(17)6-9(8-16)21-15/h3-6,10,16,19H,2,7-8H2,1H3/t10-/m0/s1. The number of aliphatic hydroxyl groups is 1. The van der Waals surface area contributed by atoms with Crippen molar-refractivity contribution >= 4 is 17.3 Å². The molecule has 0 fully saturated rings. The minimum absolute atomic E-state index is 0.0308. The van der Waals surface area contributed by atoms with Crippen molar-refractivity contribution in [1.82, 2.24) is 0 Å². The molecule has 0 aliphatic rings. The summed E-state index contributed by atoms with van der Waals surface area (Å²) in [7, 11) is 0. The maximum atomic E-state index is 11.8. The predicted molar refractivity (Wildman–Crippen MR) is 80.0 cm³/mol. The molecular formula is C15H16O6S. The number of carbonyl (C=O) groups excluding carboxylic acids is 1. The van der Waals surface area contributed by atoms with Crippen molar-refractivity contribution in [3.8, 4) is 5.75 Å². The number of hydrogen-bond donors (Lipinski definition) is 2. The van der Waals surface area contributed by atoms with Gasteiger partial charge in [-0.15, -0.1) is 11.3 Å². The minimum atomic E-state index is -0.657. The Balaban J connectivity index is 2.47. The molecule has 7 heteroatoms. The van der Waals surface area contributed by atoms with Crippen LogP contribution in [0.4, 0.5) is 0 Å². The van der Waals surface area contributed by atoms with Gasteiger partial charge in [-0.05, 0) is 18.4 Å². The largest absolute Gasteiger partial charge is 0.502 e. The molecular weight excluding hydrogens is 308 g/mol. The molecule has 0 aliphatic carbocycles. The van der Waals surface area contributed by atoms with Crippen LogP contribution in [0.15, 0.2) is 32.8 Å². The number of hydrogen-bond acceptors (Lipinski definition) is 7. The molecule has 6 nitrogen and oxygen atoms in total. The Labute approximate surface area is 130 Å². The van der Waals surface area contributed by atoms with Gasteiger partial charge in [0.1, 0.15) is 12.4 Å². The highest BCUT2D eigenvalue weighted by Crippen LogP contribution is 2.35. The van der Waals surface area contributed by atoms with Crippen LogP contribution in [-0.2, 0) is 16.1 Å². The van der Waals surface area contributed by atoms with Gasteiger partial charge in [0, 0.05) is 10.9 Å². The lowest BCUT2D eigenvalue weighted by molar-refractivity contribution is -0.143. The molecule has 2 aromatic heterocycles. The van der Waals surface area contributed by atoms with Gasteiger partial charge in [-0.1, -0.05) is 6.07 Å². The average Bonchev–Trinajstić information content (AvgIpc) is 3.02. The van der Waals surface area contributed by atoms with Crippen molar-refractivity contribution in [2.24, 2.45) is 0 Å². The summed E-state index contributed by atoms with van der Waals surface area (Å²) >= 11 is 1.37. The highest BCUT2D eigenvalue weighted by Gasteiger charge is 2.27. The van der Waals surface area contributed by atoms with Crippen LogP contribution in [0.5, 0.6) is 5.75 Å².